The second-order valence-corrected chi connectivity index (χ2v) is 9.96. The van der Waals surface area contributed by atoms with Crippen molar-refractivity contribution in [3.63, 3.8) is 0 Å². The molecule has 1 saturated heterocycles. The molecule has 1 aromatic carbocycles. The highest BCUT2D eigenvalue weighted by Gasteiger charge is 2.58. The first-order valence-electron chi connectivity index (χ1n) is 9.83. The number of benzene rings is 1. The molecule has 0 bridgehead atoms. The number of ether oxygens (including phenoxy) is 1. The Morgan fingerprint density at radius 3 is 2.70 bits per heavy atom. The Morgan fingerprint density at radius 1 is 1.22 bits per heavy atom. The molecule has 0 N–H and O–H groups in total. The molecular formula is C22H24FNO2S. The minimum atomic E-state index is -0.227. The number of hydrogen-bond acceptors (Lipinski definition) is 4. The second kappa shape index (κ2) is 5.87. The van der Waals surface area contributed by atoms with Gasteiger partial charge < -0.3 is 4.74 Å². The molecule has 27 heavy (non-hydrogen) atoms. The molecular weight excluding hydrogens is 361 g/mol. The predicted octanol–water partition coefficient (Wildman–Crippen LogP) is 5.20. The lowest BCUT2D eigenvalue weighted by atomic mass is 9.54. The summed E-state index contributed by atoms with van der Waals surface area (Å²) in [5.41, 5.74) is 2.26. The summed E-state index contributed by atoms with van der Waals surface area (Å²) in [5.74, 6) is 0.678. The van der Waals surface area contributed by atoms with Gasteiger partial charge in [-0.3, -0.25) is 4.79 Å². The number of fused-ring (bicyclic) bond motifs is 4. The van der Waals surface area contributed by atoms with Crippen LogP contribution in [0.2, 0.25) is 0 Å². The summed E-state index contributed by atoms with van der Waals surface area (Å²) < 4.78 is 19.2. The highest BCUT2D eigenvalue weighted by atomic mass is 32.1. The van der Waals surface area contributed by atoms with E-state index in [1.54, 1.807) is 23.5 Å². The van der Waals surface area contributed by atoms with E-state index in [1.807, 2.05) is 6.92 Å². The molecule has 2 aliphatic carbocycles. The molecule has 0 spiro atoms. The van der Waals surface area contributed by atoms with Crippen LogP contribution in [0.4, 0.5) is 4.39 Å². The van der Waals surface area contributed by atoms with E-state index in [1.165, 1.54) is 17.0 Å². The Kier molecular flexibility index (Phi) is 3.77. The van der Waals surface area contributed by atoms with E-state index in [9.17, 15) is 9.18 Å². The third-order valence-electron chi connectivity index (χ3n) is 7.25. The normalized spacial score (nSPS) is 37.3. The van der Waals surface area contributed by atoms with Gasteiger partial charge in [0.1, 0.15) is 16.9 Å². The Morgan fingerprint density at radius 2 is 1.96 bits per heavy atom. The average Bonchev–Trinajstić information content (AvgIpc) is 3.16. The molecule has 5 heteroatoms. The van der Waals surface area contributed by atoms with Gasteiger partial charge in [0.2, 0.25) is 0 Å². The molecule has 6 atom stereocenters. The van der Waals surface area contributed by atoms with Crippen LogP contribution in [0.15, 0.2) is 24.3 Å². The zero-order valence-electron chi connectivity index (χ0n) is 15.9. The van der Waals surface area contributed by atoms with Crippen LogP contribution in [0.25, 0.3) is 10.6 Å². The van der Waals surface area contributed by atoms with Crippen molar-refractivity contribution in [3.8, 4) is 10.6 Å². The first-order chi connectivity index (χ1) is 12.9. The molecule has 2 heterocycles. The van der Waals surface area contributed by atoms with Gasteiger partial charge in [-0.1, -0.05) is 20.8 Å². The molecule has 1 aliphatic heterocycles. The third kappa shape index (κ3) is 2.50. The van der Waals surface area contributed by atoms with E-state index in [0.29, 0.717) is 11.8 Å². The van der Waals surface area contributed by atoms with Gasteiger partial charge in [-0.15, -0.1) is 11.3 Å². The average molecular weight is 386 g/mol. The van der Waals surface area contributed by atoms with Gasteiger partial charge in [0.05, 0.1) is 11.6 Å². The van der Waals surface area contributed by atoms with E-state index >= 15 is 0 Å². The summed E-state index contributed by atoms with van der Waals surface area (Å²) in [6.45, 7) is 6.62. The van der Waals surface area contributed by atoms with Gasteiger partial charge in [-0.05, 0) is 48.9 Å². The standard InChI is InChI=1S/C22H24FNO2S/c1-11-15-8-9-22(3)10-16-18(12(2)17(22)19(15)26-21(11)25)24-20(27-16)13-4-6-14(23)7-5-13/h4-7,11-12,15,17,19H,8-10H2,1-3H3/t11-,12-,15-,17+,19-,22-/m0/s1. The van der Waals surface area contributed by atoms with Crippen LogP contribution in [0.1, 0.15) is 50.1 Å². The SMILES string of the molecule is C[C@@H]1C(=O)O[C@H]2[C@H]1CC[C@@]1(C)Cc3sc(-c4ccc(F)cc4)nc3[C@@H](C)[C@H]21. The summed E-state index contributed by atoms with van der Waals surface area (Å²) >= 11 is 1.74. The number of carbonyl (C=O) groups excluding carboxylic acids is 1. The maximum Gasteiger partial charge on any atom is 0.309 e. The Labute approximate surface area is 163 Å². The third-order valence-corrected chi connectivity index (χ3v) is 8.37. The van der Waals surface area contributed by atoms with E-state index in [4.69, 9.17) is 9.72 Å². The van der Waals surface area contributed by atoms with Crippen LogP contribution >= 0.6 is 11.3 Å². The minimum absolute atomic E-state index is 0.0124. The minimum Gasteiger partial charge on any atom is -0.461 e. The number of nitrogens with zero attached hydrogens (tertiary/aromatic N) is 1. The molecule has 2 fully saturated rings. The molecule has 1 aromatic heterocycles. The summed E-state index contributed by atoms with van der Waals surface area (Å²) in [6, 6.07) is 6.58. The first-order valence-corrected chi connectivity index (χ1v) is 10.6. The molecule has 1 saturated carbocycles. The quantitative estimate of drug-likeness (QED) is 0.633. The maximum atomic E-state index is 13.3. The molecule has 142 valence electrons. The fraction of sp³-hybridized carbons (Fsp3) is 0.545. The number of esters is 1. The molecule has 3 aliphatic rings. The molecule has 2 aromatic rings. The maximum absolute atomic E-state index is 13.3. The van der Waals surface area contributed by atoms with E-state index in [2.05, 4.69) is 13.8 Å². The van der Waals surface area contributed by atoms with Crippen LogP contribution < -0.4 is 0 Å². The monoisotopic (exact) mass is 385 g/mol. The van der Waals surface area contributed by atoms with E-state index in [-0.39, 0.29) is 35.1 Å². The predicted molar refractivity (Wildman–Crippen MR) is 103 cm³/mol. The fourth-order valence-corrected chi connectivity index (χ4v) is 7.16. The number of rotatable bonds is 1. The molecule has 0 radical (unpaired) electrons. The molecule has 3 nitrogen and oxygen atoms in total. The molecule has 0 amide bonds. The summed E-state index contributed by atoms with van der Waals surface area (Å²) in [6.07, 6.45) is 3.21. The van der Waals surface area contributed by atoms with Crippen molar-refractivity contribution < 1.29 is 13.9 Å². The Hall–Kier alpha value is -1.75. The highest BCUT2D eigenvalue weighted by Crippen LogP contribution is 2.59. The van der Waals surface area contributed by atoms with Crippen LogP contribution in [-0.2, 0) is 16.0 Å². The van der Waals surface area contributed by atoms with Crippen LogP contribution in [0.3, 0.4) is 0 Å². The van der Waals surface area contributed by atoms with E-state index in [0.717, 1.165) is 35.5 Å². The van der Waals surface area contributed by atoms with Gasteiger partial charge in [0.25, 0.3) is 0 Å². The van der Waals surface area contributed by atoms with Gasteiger partial charge in [0, 0.05) is 28.2 Å². The number of halogens is 1. The van der Waals surface area contributed by atoms with Gasteiger partial charge >= 0.3 is 5.97 Å². The number of carbonyl (C=O) groups is 1. The van der Waals surface area contributed by atoms with Crippen molar-refractivity contribution in [2.24, 2.45) is 23.2 Å². The van der Waals surface area contributed by atoms with Crippen LogP contribution in [-0.4, -0.2) is 17.1 Å². The Balaban J connectivity index is 1.54. The Bertz CT molecular complexity index is 908. The largest absolute Gasteiger partial charge is 0.461 e. The summed E-state index contributed by atoms with van der Waals surface area (Å²) in [4.78, 5) is 18.5. The van der Waals surface area contributed by atoms with E-state index < -0.39 is 0 Å². The zero-order valence-corrected chi connectivity index (χ0v) is 16.7. The van der Waals surface area contributed by atoms with Crippen molar-refractivity contribution in [1.29, 1.82) is 0 Å². The number of thiazole rings is 1. The van der Waals surface area contributed by atoms with Crippen molar-refractivity contribution >= 4 is 17.3 Å². The lowest BCUT2D eigenvalue weighted by Crippen LogP contribution is -2.50. The van der Waals surface area contributed by atoms with Gasteiger partial charge in [-0.25, -0.2) is 9.37 Å². The van der Waals surface area contributed by atoms with Crippen molar-refractivity contribution in [1.82, 2.24) is 4.98 Å². The van der Waals surface area contributed by atoms with Gasteiger partial charge in [0.15, 0.2) is 0 Å². The van der Waals surface area contributed by atoms with Crippen LogP contribution in [0, 0.1) is 29.0 Å². The van der Waals surface area contributed by atoms with Crippen molar-refractivity contribution in [2.45, 2.75) is 52.1 Å². The summed E-state index contributed by atoms with van der Waals surface area (Å²) in [7, 11) is 0. The molecule has 0 unspecified atom stereocenters. The number of aromatic nitrogens is 1. The lowest BCUT2D eigenvalue weighted by Gasteiger charge is -2.51. The smallest absolute Gasteiger partial charge is 0.309 e. The second-order valence-electron chi connectivity index (χ2n) is 8.87. The zero-order chi connectivity index (χ0) is 18.9. The number of hydrogen-bond donors (Lipinski definition) is 0. The fourth-order valence-electron chi connectivity index (χ4n) is 5.79. The first kappa shape index (κ1) is 17.4. The highest BCUT2D eigenvalue weighted by molar-refractivity contribution is 7.15. The van der Waals surface area contributed by atoms with Gasteiger partial charge in [-0.2, -0.15) is 0 Å². The lowest BCUT2D eigenvalue weighted by molar-refractivity contribution is -0.149. The summed E-state index contributed by atoms with van der Waals surface area (Å²) in [5, 5.41) is 0.961. The topological polar surface area (TPSA) is 39.2 Å². The van der Waals surface area contributed by atoms with Crippen molar-refractivity contribution in [3.05, 3.63) is 40.7 Å². The molecule has 5 rings (SSSR count). The van der Waals surface area contributed by atoms with Crippen molar-refractivity contribution in [2.75, 3.05) is 0 Å². The van der Waals surface area contributed by atoms with Crippen LogP contribution in [0.5, 0.6) is 0 Å².